The van der Waals surface area contributed by atoms with Gasteiger partial charge in [-0.1, -0.05) is 29.6 Å². The lowest BCUT2D eigenvalue weighted by molar-refractivity contribution is 0.0610. The lowest BCUT2D eigenvalue weighted by Crippen LogP contribution is -2.38. The molecule has 0 unspecified atom stereocenters. The molecule has 1 saturated heterocycles. The van der Waals surface area contributed by atoms with Crippen molar-refractivity contribution in [1.29, 1.82) is 0 Å². The average Bonchev–Trinajstić information content (AvgIpc) is 3.27. The van der Waals surface area contributed by atoms with Crippen LogP contribution >= 0.6 is 11.5 Å². The number of hydrogen-bond donors (Lipinski definition) is 1. The van der Waals surface area contributed by atoms with Crippen molar-refractivity contribution in [1.82, 2.24) is 19.5 Å². The number of carbonyl (C=O) groups is 1. The van der Waals surface area contributed by atoms with E-state index in [0.717, 1.165) is 49.1 Å². The van der Waals surface area contributed by atoms with Crippen molar-refractivity contribution in [2.75, 3.05) is 6.54 Å². The zero-order valence-corrected chi connectivity index (χ0v) is 14.5. The van der Waals surface area contributed by atoms with E-state index in [1.165, 1.54) is 16.9 Å². The minimum absolute atomic E-state index is 0.0743. The molecule has 5 nitrogen and oxygen atoms in total. The molecule has 6 heteroatoms. The molecular formula is C18H20N4OS. The molecule has 0 radical (unpaired) electrons. The third-order valence-corrected chi connectivity index (χ3v) is 5.51. The summed E-state index contributed by atoms with van der Waals surface area (Å²) in [6.45, 7) is 2.80. The summed E-state index contributed by atoms with van der Waals surface area (Å²) in [7, 11) is 0. The Balaban J connectivity index is 1.69. The molecule has 1 aromatic carbocycles. The third kappa shape index (κ3) is 2.60. The molecule has 1 aliphatic rings. The van der Waals surface area contributed by atoms with E-state index in [2.05, 4.69) is 32.8 Å². The van der Waals surface area contributed by atoms with Gasteiger partial charge in [0, 0.05) is 17.8 Å². The highest BCUT2D eigenvalue weighted by molar-refractivity contribution is 7.08. The Kier molecular flexibility index (Phi) is 4.06. The number of benzene rings is 1. The summed E-state index contributed by atoms with van der Waals surface area (Å²) in [4.78, 5) is 19.3. The second-order valence-electron chi connectivity index (χ2n) is 6.22. The molecule has 3 aromatic rings. The van der Waals surface area contributed by atoms with Crippen molar-refractivity contribution in [3.63, 3.8) is 0 Å². The van der Waals surface area contributed by atoms with Crippen molar-refractivity contribution >= 4 is 28.3 Å². The SMILES string of the molecule is CCc1nnsc1C(=O)N1CCCC[C@H]1c1cc2ccccc2[nH]1. The normalized spacial score (nSPS) is 18.2. The first kappa shape index (κ1) is 15.3. The minimum atomic E-state index is 0.0743. The highest BCUT2D eigenvalue weighted by atomic mass is 32.1. The minimum Gasteiger partial charge on any atom is -0.357 e. The van der Waals surface area contributed by atoms with Gasteiger partial charge in [-0.25, -0.2) is 0 Å². The van der Waals surface area contributed by atoms with Gasteiger partial charge >= 0.3 is 0 Å². The summed E-state index contributed by atoms with van der Waals surface area (Å²) in [6, 6.07) is 10.5. The molecule has 1 aliphatic heterocycles. The second-order valence-corrected chi connectivity index (χ2v) is 6.98. The van der Waals surface area contributed by atoms with E-state index >= 15 is 0 Å². The molecule has 4 rings (SSSR count). The summed E-state index contributed by atoms with van der Waals surface area (Å²) in [5.41, 5.74) is 3.06. The number of aryl methyl sites for hydroxylation is 1. The maximum Gasteiger partial charge on any atom is 0.268 e. The molecule has 0 aliphatic carbocycles. The summed E-state index contributed by atoms with van der Waals surface area (Å²) in [5.74, 6) is 0.0743. The zero-order chi connectivity index (χ0) is 16.5. The topological polar surface area (TPSA) is 61.9 Å². The quantitative estimate of drug-likeness (QED) is 0.785. The highest BCUT2D eigenvalue weighted by Gasteiger charge is 2.31. The van der Waals surface area contributed by atoms with Crippen molar-refractivity contribution in [3.8, 4) is 0 Å². The number of para-hydroxylation sites is 1. The van der Waals surface area contributed by atoms with Gasteiger partial charge in [-0.3, -0.25) is 4.79 Å². The number of aromatic amines is 1. The first-order valence-corrected chi connectivity index (χ1v) is 9.25. The number of H-pyrrole nitrogens is 1. The number of carbonyl (C=O) groups excluding carboxylic acids is 1. The number of hydrogen-bond acceptors (Lipinski definition) is 4. The molecular weight excluding hydrogens is 320 g/mol. The number of nitrogens with zero attached hydrogens (tertiary/aromatic N) is 3. The van der Waals surface area contributed by atoms with E-state index in [1.54, 1.807) is 0 Å². The Bertz CT molecular complexity index is 836. The highest BCUT2D eigenvalue weighted by Crippen LogP contribution is 2.34. The van der Waals surface area contributed by atoms with Gasteiger partial charge in [0.05, 0.1) is 11.7 Å². The number of fused-ring (bicyclic) bond motifs is 1. The Morgan fingerprint density at radius 1 is 1.38 bits per heavy atom. The van der Waals surface area contributed by atoms with Crippen LogP contribution in [0.3, 0.4) is 0 Å². The van der Waals surface area contributed by atoms with E-state index in [0.29, 0.717) is 4.88 Å². The van der Waals surface area contributed by atoms with Gasteiger partial charge in [-0.15, -0.1) is 5.10 Å². The van der Waals surface area contributed by atoms with E-state index in [9.17, 15) is 4.79 Å². The molecule has 124 valence electrons. The largest absolute Gasteiger partial charge is 0.357 e. The molecule has 2 aromatic heterocycles. The number of aromatic nitrogens is 3. The van der Waals surface area contributed by atoms with Gasteiger partial charge in [0.1, 0.15) is 4.88 Å². The van der Waals surface area contributed by atoms with Crippen LogP contribution in [-0.4, -0.2) is 31.9 Å². The summed E-state index contributed by atoms with van der Waals surface area (Å²) in [6.07, 6.45) is 3.93. The average molecular weight is 340 g/mol. The van der Waals surface area contributed by atoms with Gasteiger partial charge < -0.3 is 9.88 Å². The number of piperidine rings is 1. The van der Waals surface area contributed by atoms with Gasteiger partial charge in [0.15, 0.2) is 0 Å². The molecule has 0 saturated carbocycles. The van der Waals surface area contributed by atoms with Crippen LogP contribution in [0.4, 0.5) is 0 Å². The molecule has 0 spiro atoms. The predicted molar refractivity (Wildman–Crippen MR) is 95.2 cm³/mol. The van der Waals surface area contributed by atoms with E-state index < -0.39 is 0 Å². The Morgan fingerprint density at radius 2 is 2.25 bits per heavy atom. The van der Waals surface area contributed by atoms with Crippen LogP contribution in [0.2, 0.25) is 0 Å². The fraction of sp³-hybridized carbons (Fsp3) is 0.389. The Morgan fingerprint density at radius 3 is 3.08 bits per heavy atom. The molecule has 1 atom stereocenters. The smallest absolute Gasteiger partial charge is 0.268 e. The van der Waals surface area contributed by atoms with Crippen LogP contribution in [-0.2, 0) is 6.42 Å². The van der Waals surface area contributed by atoms with Gasteiger partial charge in [-0.2, -0.15) is 0 Å². The molecule has 1 fully saturated rings. The number of likely N-dealkylation sites (tertiary alicyclic amines) is 1. The van der Waals surface area contributed by atoms with Crippen LogP contribution in [0.1, 0.15) is 53.3 Å². The van der Waals surface area contributed by atoms with Crippen molar-refractivity contribution < 1.29 is 4.79 Å². The Labute approximate surface area is 144 Å². The first-order valence-electron chi connectivity index (χ1n) is 8.47. The van der Waals surface area contributed by atoms with Crippen LogP contribution < -0.4 is 0 Å². The maximum absolute atomic E-state index is 13.1. The lowest BCUT2D eigenvalue weighted by Gasteiger charge is -2.35. The van der Waals surface area contributed by atoms with Crippen LogP contribution in [0.15, 0.2) is 30.3 Å². The number of amides is 1. The van der Waals surface area contributed by atoms with Crippen molar-refractivity contribution in [2.24, 2.45) is 0 Å². The fourth-order valence-electron chi connectivity index (χ4n) is 3.51. The molecule has 24 heavy (non-hydrogen) atoms. The number of nitrogens with one attached hydrogen (secondary N) is 1. The van der Waals surface area contributed by atoms with Crippen molar-refractivity contribution in [2.45, 2.75) is 38.6 Å². The van der Waals surface area contributed by atoms with Gasteiger partial charge in [0.25, 0.3) is 5.91 Å². The lowest BCUT2D eigenvalue weighted by atomic mass is 9.98. The maximum atomic E-state index is 13.1. The molecule has 0 bridgehead atoms. The predicted octanol–water partition coefficient (Wildman–Crippen LogP) is 3.95. The second kappa shape index (κ2) is 6.36. The standard InChI is InChI=1S/C18H20N4OS/c1-2-13-17(24-21-20-13)18(23)22-10-6-5-9-16(22)15-11-12-7-3-4-8-14(12)19-15/h3-4,7-8,11,16,19H,2,5-6,9-10H2,1H3/t16-/m0/s1. The van der Waals surface area contributed by atoms with Crippen molar-refractivity contribution in [3.05, 3.63) is 46.6 Å². The van der Waals surface area contributed by atoms with E-state index in [4.69, 9.17) is 0 Å². The molecule has 1 N–H and O–H groups in total. The molecule has 1 amide bonds. The third-order valence-electron chi connectivity index (χ3n) is 4.76. The Hall–Kier alpha value is -2.21. The monoisotopic (exact) mass is 340 g/mol. The number of rotatable bonds is 3. The van der Waals surface area contributed by atoms with Crippen LogP contribution in [0.25, 0.3) is 10.9 Å². The molecule has 3 heterocycles. The van der Waals surface area contributed by atoms with Gasteiger partial charge in [0.2, 0.25) is 0 Å². The summed E-state index contributed by atoms with van der Waals surface area (Å²) < 4.78 is 3.98. The van der Waals surface area contributed by atoms with Crippen LogP contribution in [0, 0.1) is 0 Å². The summed E-state index contributed by atoms with van der Waals surface area (Å²) in [5, 5.41) is 5.29. The zero-order valence-electron chi connectivity index (χ0n) is 13.7. The summed E-state index contributed by atoms with van der Waals surface area (Å²) >= 11 is 1.22. The van der Waals surface area contributed by atoms with E-state index in [-0.39, 0.29) is 11.9 Å². The van der Waals surface area contributed by atoms with Crippen LogP contribution in [0.5, 0.6) is 0 Å². The van der Waals surface area contributed by atoms with Gasteiger partial charge in [-0.05, 0) is 54.7 Å². The fourth-order valence-corrected chi connectivity index (χ4v) is 4.21. The first-order chi connectivity index (χ1) is 11.8. The van der Waals surface area contributed by atoms with E-state index in [1.807, 2.05) is 24.0 Å².